The molecule has 6 nitrogen and oxygen atoms in total. The SMILES string of the molecule is O=C(Nc1cccc(O)c1)c1coc(-c2cccc(O)c2)n1. The molecular formula is C16H12N2O4. The fraction of sp³-hybridized carbons (Fsp3) is 0. The number of amides is 1. The van der Waals surface area contributed by atoms with Crippen LogP contribution in [0, 0.1) is 0 Å². The van der Waals surface area contributed by atoms with Crippen LogP contribution in [0.3, 0.4) is 0 Å². The molecule has 0 bridgehead atoms. The highest BCUT2D eigenvalue weighted by Gasteiger charge is 2.14. The Balaban J connectivity index is 1.80. The highest BCUT2D eigenvalue weighted by Crippen LogP contribution is 2.23. The largest absolute Gasteiger partial charge is 0.508 e. The number of benzene rings is 2. The molecule has 3 N–H and O–H groups in total. The molecule has 0 radical (unpaired) electrons. The highest BCUT2D eigenvalue weighted by molar-refractivity contribution is 6.03. The molecule has 0 saturated carbocycles. The standard InChI is InChI=1S/C16H12N2O4/c19-12-5-1-3-10(7-12)16-18-14(9-22-16)15(21)17-11-4-2-6-13(20)8-11/h1-9,19-20H,(H,17,21). The topological polar surface area (TPSA) is 95.6 Å². The van der Waals surface area contributed by atoms with Gasteiger partial charge in [-0.05, 0) is 30.3 Å². The van der Waals surface area contributed by atoms with Gasteiger partial charge >= 0.3 is 0 Å². The van der Waals surface area contributed by atoms with E-state index in [0.29, 0.717) is 11.3 Å². The van der Waals surface area contributed by atoms with Crippen LogP contribution in [0.2, 0.25) is 0 Å². The number of carbonyl (C=O) groups is 1. The Bertz CT molecular complexity index is 826. The summed E-state index contributed by atoms with van der Waals surface area (Å²) >= 11 is 0. The van der Waals surface area contributed by atoms with Gasteiger partial charge in [-0.2, -0.15) is 0 Å². The van der Waals surface area contributed by atoms with E-state index in [-0.39, 0.29) is 23.1 Å². The zero-order valence-electron chi connectivity index (χ0n) is 11.4. The number of rotatable bonds is 3. The van der Waals surface area contributed by atoms with Crippen LogP contribution in [-0.2, 0) is 0 Å². The second kappa shape index (κ2) is 5.61. The van der Waals surface area contributed by atoms with Gasteiger partial charge in [0.1, 0.15) is 17.8 Å². The minimum atomic E-state index is -0.458. The Kier molecular flexibility index (Phi) is 3.49. The molecule has 1 aromatic heterocycles. The lowest BCUT2D eigenvalue weighted by atomic mass is 10.2. The van der Waals surface area contributed by atoms with Crippen LogP contribution < -0.4 is 5.32 Å². The molecule has 0 spiro atoms. The first-order valence-electron chi connectivity index (χ1n) is 6.47. The van der Waals surface area contributed by atoms with Gasteiger partial charge < -0.3 is 19.9 Å². The lowest BCUT2D eigenvalue weighted by molar-refractivity contribution is 0.102. The Labute approximate surface area is 125 Å². The minimum Gasteiger partial charge on any atom is -0.508 e. The van der Waals surface area contributed by atoms with Gasteiger partial charge in [0.2, 0.25) is 5.89 Å². The van der Waals surface area contributed by atoms with Gasteiger partial charge in [0.25, 0.3) is 5.91 Å². The molecule has 22 heavy (non-hydrogen) atoms. The van der Waals surface area contributed by atoms with Gasteiger partial charge in [0.05, 0.1) is 0 Å². The van der Waals surface area contributed by atoms with E-state index in [1.165, 1.54) is 30.5 Å². The van der Waals surface area contributed by atoms with Gasteiger partial charge in [0, 0.05) is 17.3 Å². The monoisotopic (exact) mass is 296 g/mol. The van der Waals surface area contributed by atoms with E-state index in [2.05, 4.69) is 10.3 Å². The first-order valence-corrected chi connectivity index (χ1v) is 6.47. The van der Waals surface area contributed by atoms with Crippen LogP contribution in [0.4, 0.5) is 5.69 Å². The number of anilines is 1. The summed E-state index contributed by atoms with van der Waals surface area (Å²) in [5, 5.41) is 21.4. The smallest absolute Gasteiger partial charge is 0.277 e. The number of nitrogens with zero attached hydrogens (tertiary/aromatic N) is 1. The van der Waals surface area contributed by atoms with E-state index >= 15 is 0 Å². The van der Waals surface area contributed by atoms with E-state index in [4.69, 9.17) is 4.42 Å². The van der Waals surface area contributed by atoms with E-state index in [1.807, 2.05) is 0 Å². The van der Waals surface area contributed by atoms with Crippen molar-refractivity contribution in [1.82, 2.24) is 4.98 Å². The summed E-state index contributed by atoms with van der Waals surface area (Å²) in [5.41, 5.74) is 1.12. The first-order chi connectivity index (χ1) is 10.6. The predicted octanol–water partition coefficient (Wildman–Crippen LogP) is 3.01. The van der Waals surface area contributed by atoms with Crippen LogP contribution >= 0.6 is 0 Å². The fourth-order valence-electron chi connectivity index (χ4n) is 1.93. The maximum atomic E-state index is 12.1. The van der Waals surface area contributed by atoms with Gasteiger partial charge in [-0.25, -0.2) is 4.98 Å². The van der Waals surface area contributed by atoms with Crippen molar-refractivity contribution in [3.05, 3.63) is 60.5 Å². The van der Waals surface area contributed by atoms with E-state index in [1.54, 1.807) is 24.3 Å². The maximum absolute atomic E-state index is 12.1. The molecule has 1 amide bonds. The molecule has 0 aliphatic carbocycles. The molecule has 0 atom stereocenters. The highest BCUT2D eigenvalue weighted by atomic mass is 16.3. The molecule has 0 fully saturated rings. The molecule has 3 rings (SSSR count). The molecule has 3 aromatic rings. The second-order valence-electron chi connectivity index (χ2n) is 4.59. The number of hydrogen-bond donors (Lipinski definition) is 3. The van der Waals surface area contributed by atoms with E-state index < -0.39 is 5.91 Å². The third-order valence-electron chi connectivity index (χ3n) is 2.93. The second-order valence-corrected chi connectivity index (χ2v) is 4.59. The number of carbonyl (C=O) groups excluding carboxylic acids is 1. The zero-order chi connectivity index (χ0) is 15.5. The summed E-state index contributed by atoms with van der Waals surface area (Å²) in [6.07, 6.45) is 1.23. The summed E-state index contributed by atoms with van der Waals surface area (Å²) < 4.78 is 5.26. The van der Waals surface area contributed by atoms with Crippen molar-refractivity contribution in [2.75, 3.05) is 5.32 Å². The zero-order valence-corrected chi connectivity index (χ0v) is 11.4. The Morgan fingerprint density at radius 2 is 1.77 bits per heavy atom. The van der Waals surface area contributed by atoms with Crippen LogP contribution in [0.25, 0.3) is 11.5 Å². The first kappa shape index (κ1) is 13.7. The van der Waals surface area contributed by atoms with Gasteiger partial charge in [-0.1, -0.05) is 12.1 Å². The Morgan fingerprint density at radius 1 is 1.05 bits per heavy atom. The number of hydrogen-bond acceptors (Lipinski definition) is 5. The molecule has 6 heteroatoms. The van der Waals surface area contributed by atoms with Crippen molar-refractivity contribution in [3.8, 4) is 23.0 Å². The number of aromatic hydroxyl groups is 2. The van der Waals surface area contributed by atoms with Crippen molar-refractivity contribution >= 4 is 11.6 Å². The quantitative estimate of drug-likeness (QED) is 0.690. The summed E-state index contributed by atoms with van der Waals surface area (Å²) in [4.78, 5) is 16.2. The summed E-state index contributed by atoms with van der Waals surface area (Å²) in [6, 6.07) is 12.6. The van der Waals surface area contributed by atoms with Crippen molar-refractivity contribution in [2.24, 2.45) is 0 Å². The van der Waals surface area contributed by atoms with Crippen molar-refractivity contribution in [1.29, 1.82) is 0 Å². The van der Waals surface area contributed by atoms with Crippen LogP contribution in [0.1, 0.15) is 10.5 Å². The van der Waals surface area contributed by atoms with Gasteiger partial charge in [-0.15, -0.1) is 0 Å². The summed E-state index contributed by atoms with van der Waals surface area (Å²) in [5.74, 6) is -0.0856. The summed E-state index contributed by atoms with van der Waals surface area (Å²) in [6.45, 7) is 0. The lowest BCUT2D eigenvalue weighted by Gasteiger charge is -2.02. The van der Waals surface area contributed by atoms with Crippen molar-refractivity contribution in [3.63, 3.8) is 0 Å². The normalized spacial score (nSPS) is 10.4. The van der Waals surface area contributed by atoms with Crippen LogP contribution in [0.15, 0.2) is 59.2 Å². The summed E-state index contributed by atoms with van der Waals surface area (Å²) in [7, 11) is 0. The third kappa shape index (κ3) is 2.90. The van der Waals surface area contributed by atoms with Crippen molar-refractivity contribution < 1.29 is 19.4 Å². The third-order valence-corrected chi connectivity index (χ3v) is 2.93. The number of nitrogens with one attached hydrogen (secondary N) is 1. The Morgan fingerprint density at radius 3 is 2.50 bits per heavy atom. The molecule has 0 unspecified atom stereocenters. The molecule has 110 valence electrons. The van der Waals surface area contributed by atoms with Gasteiger partial charge in [-0.3, -0.25) is 4.79 Å². The van der Waals surface area contributed by atoms with Crippen molar-refractivity contribution in [2.45, 2.75) is 0 Å². The number of phenolic OH excluding ortho intramolecular Hbond substituents is 2. The van der Waals surface area contributed by atoms with E-state index in [0.717, 1.165) is 0 Å². The fourth-order valence-corrected chi connectivity index (χ4v) is 1.93. The molecule has 1 heterocycles. The molecular weight excluding hydrogens is 284 g/mol. The Hall–Kier alpha value is -3.28. The lowest BCUT2D eigenvalue weighted by Crippen LogP contribution is -2.12. The number of oxazole rings is 1. The molecule has 0 aliphatic heterocycles. The maximum Gasteiger partial charge on any atom is 0.277 e. The minimum absolute atomic E-state index is 0.0541. The predicted molar refractivity (Wildman–Crippen MR) is 79.7 cm³/mol. The number of phenols is 2. The molecule has 2 aromatic carbocycles. The number of aromatic nitrogens is 1. The van der Waals surface area contributed by atoms with E-state index in [9.17, 15) is 15.0 Å². The van der Waals surface area contributed by atoms with Crippen LogP contribution in [0.5, 0.6) is 11.5 Å². The molecule has 0 saturated heterocycles. The average Bonchev–Trinajstić information content (AvgIpc) is 2.97. The van der Waals surface area contributed by atoms with Crippen LogP contribution in [-0.4, -0.2) is 21.1 Å². The average molecular weight is 296 g/mol. The van der Waals surface area contributed by atoms with Gasteiger partial charge in [0.15, 0.2) is 5.69 Å². The molecule has 0 aliphatic rings.